The maximum absolute atomic E-state index is 13.0. The molecule has 0 aromatic heterocycles. The second-order valence-corrected chi connectivity index (χ2v) is 10.8. The third kappa shape index (κ3) is 5.78. The lowest BCUT2D eigenvalue weighted by Crippen LogP contribution is -2.57. The molecule has 35 heavy (non-hydrogen) atoms. The van der Waals surface area contributed by atoms with Crippen molar-refractivity contribution in [1.82, 2.24) is 20.4 Å². The van der Waals surface area contributed by atoms with Gasteiger partial charge in [0, 0.05) is 31.7 Å². The number of carbonyl (C=O) groups excluding carboxylic acids is 2. The number of nitrogens with one attached hydrogen (secondary N) is 2. The van der Waals surface area contributed by atoms with Crippen molar-refractivity contribution in [2.24, 2.45) is 5.92 Å². The number of rotatable bonds is 6. The molecule has 3 saturated heterocycles. The molecule has 0 aliphatic carbocycles. The summed E-state index contributed by atoms with van der Waals surface area (Å²) in [5, 5.41) is 6.50. The zero-order chi connectivity index (χ0) is 25.2. The highest BCUT2D eigenvalue weighted by molar-refractivity contribution is 5.93. The van der Waals surface area contributed by atoms with Crippen LogP contribution >= 0.6 is 0 Å². The number of amides is 3. The monoisotopic (exact) mass is 478 g/mol. The Labute approximate surface area is 208 Å². The van der Waals surface area contributed by atoms with Gasteiger partial charge >= 0.3 is 6.03 Å². The molecule has 3 aliphatic heterocycles. The number of urea groups is 1. The maximum Gasteiger partial charge on any atom is 0.315 e. The molecule has 5 rings (SSSR count). The molecule has 3 fully saturated rings. The zero-order valence-corrected chi connectivity index (χ0v) is 21.6. The molecule has 188 valence electrons. The molecule has 7 nitrogen and oxygen atoms in total. The van der Waals surface area contributed by atoms with E-state index >= 15 is 0 Å². The van der Waals surface area contributed by atoms with Crippen LogP contribution in [0, 0.1) is 5.92 Å². The standard InChI is InChI=1S/C28H38N4O3/c1-27(2,29-26(34)30-28(3)16-19-32-17-14-22(28)15-18-32)21-8-12-24(13-9-21)35-23-10-6-20(7-11-23)25(33)31(4)5/h6-13,22H,14-19H2,1-5H3,(H2,29,30,34). The molecule has 2 aromatic rings. The Morgan fingerprint density at radius 1 is 0.971 bits per heavy atom. The lowest BCUT2D eigenvalue weighted by atomic mass is 9.79. The molecule has 3 amide bonds. The number of ether oxygens (including phenoxy) is 1. The van der Waals surface area contributed by atoms with Crippen LogP contribution < -0.4 is 15.4 Å². The zero-order valence-electron chi connectivity index (χ0n) is 21.6. The fourth-order valence-corrected chi connectivity index (χ4v) is 5.20. The van der Waals surface area contributed by atoms with Crippen LogP contribution in [-0.2, 0) is 5.54 Å². The summed E-state index contributed by atoms with van der Waals surface area (Å²) in [6.45, 7) is 9.55. The van der Waals surface area contributed by atoms with E-state index in [0.717, 1.165) is 44.5 Å². The van der Waals surface area contributed by atoms with E-state index in [4.69, 9.17) is 4.74 Å². The fourth-order valence-electron chi connectivity index (χ4n) is 5.20. The van der Waals surface area contributed by atoms with Crippen molar-refractivity contribution in [2.75, 3.05) is 33.7 Å². The largest absolute Gasteiger partial charge is 0.457 e. The predicted octanol–water partition coefficient (Wildman–Crippen LogP) is 4.59. The average Bonchev–Trinajstić information content (AvgIpc) is 3.07. The summed E-state index contributed by atoms with van der Waals surface area (Å²) in [6.07, 6.45) is 3.29. The Morgan fingerprint density at radius 2 is 1.54 bits per heavy atom. The van der Waals surface area contributed by atoms with E-state index in [-0.39, 0.29) is 17.5 Å². The van der Waals surface area contributed by atoms with E-state index < -0.39 is 5.54 Å². The first-order valence-corrected chi connectivity index (χ1v) is 12.5. The number of piperidine rings is 1. The van der Waals surface area contributed by atoms with Crippen LogP contribution in [0.3, 0.4) is 0 Å². The van der Waals surface area contributed by atoms with E-state index in [0.29, 0.717) is 23.0 Å². The van der Waals surface area contributed by atoms with Gasteiger partial charge in [-0.1, -0.05) is 12.1 Å². The molecule has 1 unspecified atom stereocenters. The van der Waals surface area contributed by atoms with Crippen molar-refractivity contribution < 1.29 is 14.3 Å². The molecule has 2 aromatic carbocycles. The Balaban J connectivity index is 1.36. The van der Waals surface area contributed by atoms with Crippen molar-refractivity contribution in [3.8, 4) is 11.5 Å². The van der Waals surface area contributed by atoms with E-state index in [1.807, 2.05) is 38.1 Å². The fraction of sp³-hybridized carbons (Fsp3) is 0.500. The lowest BCUT2D eigenvalue weighted by Gasteiger charge is -2.39. The minimum atomic E-state index is -0.542. The van der Waals surface area contributed by atoms with Gasteiger partial charge in [0.05, 0.1) is 5.54 Å². The average molecular weight is 479 g/mol. The number of fused-ring (bicyclic) bond motifs is 4. The Bertz CT molecular complexity index is 1040. The molecular formula is C28H38N4O3. The smallest absolute Gasteiger partial charge is 0.315 e. The molecule has 2 N–H and O–H groups in total. The van der Waals surface area contributed by atoms with Gasteiger partial charge in [0.1, 0.15) is 11.5 Å². The topological polar surface area (TPSA) is 73.9 Å². The van der Waals surface area contributed by atoms with Gasteiger partial charge < -0.3 is 25.2 Å². The second kappa shape index (κ2) is 9.90. The van der Waals surface area contributed by atoms with Crippen molar-refractivity contribution in [3.63, 3.8) is 0 Å². The quantitative estimate of drug-likeness (QED) is 0.637. The van der Waals surface area contributed by atoms with Gasteiger partial charge in [-0.25, -0.2) is 4.79 Å². The number of hydrogen-bond donors (Lipinski definition) is 2. The predicted molar refractivity (Wildman–Crippen MR) is 138 cm³/mol. The summed E-state index contributed by atoms with van der Waals surface area (Å²) < 4.78 is 5.95. The van der Waals surface area contributed by atoms with Crippen LogP contribution in [0.4, 0.5) is 4.79 Å². The first-order chi connectivity index (χ1) is 16.6. The molecule has 0 radical (unpaired) electrons. The van der Waals surface area contributed by atoms with Gasteiger partial charge in [0.15, 0.2) is 0 Å². The molecule has 0 spiro atoms. The van der Waals surface area contributed by atoms with Gasteiger partial charge in [-0.3, -0.25) is 4.79 Å². The van der Waals surface area contributed by atoms with E-state index in [2.05, 4.69) is 22.5 Å². The van der Waals surface area contributed by atoms with Gasteiger partial charge in [-0.15, -0.1) is 0 Å². The van der Waals surface area contributed by atoms with Crippen molar-refractivity contribution in [3.05, 3.63) is 59.7 Å². The summed E-state index contributed by atoms with van der Waals surface area (Å²) in [7, 11) is 3.46. The third-order valence-electron chi connectivity index (χ3n) is 7.58. The Kier molecular flexibility index (Phi) is 7.08. The van der Waals surface area contributed by atoms with Crippen LogP contribution in [0.5, 0.6) is 11.5 Å². The highest BCUT2D eigenvalue weighted by atomic mass is 16.5. The minimum absolute atomic E-state index is 0.0436. The molecule has 3 heterocycles. The van der Waals surface area contributed by atoms with Crippen molar-refractivity contribution >= 4 is 11.9 Å². The van der Waals surface area contributed by atoms with Crippen molar-refractivity contribution in [2.45, 2.75) is 51.1 Å². The molecule has 2 bridgehead atoms. The number of hydrogen-bond acceptors (Lipinski definition) is 4. The van der Waals surface area contributed by atoms with Gasteiger partial charge in [0.25, 0.3) is 5.91 Å². The molecule has 1 atom stereocenters. The highest BCUT2D eigenvalue weighted by Crippen LogP contribution is 2.35. The molecule has 3 aliphatic rings. The van der Waals surface area contributed by atoms with Crippen LogP contribution in [0.1, 0.15) is 56.0 Å². The van der Waals surface area contributed by atoms with E-state index in [1.54, 1.807) is 43.3 Å². The van der Waals surface area contributed by atoms with Crippen LogP contribution in [0.25, 0.3) is 0 Å². The summed E-state index contributed by atoms with van der Waals surface area (Å²) in [5.74, 6) is 1.84. The van der Waals surface area contributed by atoms with Gasteiger partial charge in [-0.2, -0.15) is 0 Å². The Morgan fingerprint density at radius 3 is 2.11 bits per heavy atom. The van der Waals surface area contributed by atoms with Crippen LogP contribution in [0.15, 0.2) is 48.5 Å². The summed E-state index contributed by atoms with van der Waals surface area (Å²) in [5.41, 5.74) is 0.895. The molecular weight excluding hydrogens is 440 g/mol. The highest BCUT2D eigenvalue weighted by Gasteiger charge is 2.41. The molecule has 0 saturated carbocycles. The summed E-state index contributed by atoms with van der Waals surface area (Å²) in [4.78, 5) is 29.1. The van der Waals surface area contributed by atoms with Gasteiger partial charge in [0.2, 0.25) is 0 Å². The normalized spacial score (nSPS) is 23.8. The third-order valence-corrected chi connectivity index (χ3v) is 7.58. The summed E-state index contributed by atoms with van der Waals surface area (Å²) in [6, 6.07) is 14.7. The minimum Gasteiger partial charge on any atom is -0.457 e. The van der Waals surface area contributed by atoms with Crippen LogP contribution in [-0.4, -0.2) is 61.0 Å². The van der Waals surface area contributed by atoms with E-state index in [9.17, 15) is 9.59 Å². The van der Waals surface area contributed by atoms with Crippen LogP contribution in [0.2, 0.25) is 0 Å². The lowest BCUT2D eigenvalue weighted by molar-refractivity contribution is 0.0827. The number of carbonyl (C=O) groups is 2. The summed E-state index contributed by atoms with van der Waals surface area (Å²) >= 11 is 0. The maximum atomic E-state index is 13.0. The number of nitrogens with zero attached hydrogens (tertiary/aromatic N) is 2. The van der Waals surface area contributed by atoms with Crippen molar-refractivity contribution in [1.29, 1.82) is 0 Å². The second-order valence-electron chi connectivity index (χ2n) is 10.8. The first kappa shape index (κ1) is 25.0. The first-order valence-electron chi connectivity index (χ1n) is 12.5. The van der Waals surface area contributed by atoms with E-state index in [1.165, 1.54) is 0 Å². The molecule has 7 heteroatoms. The number of benzene rings is 2. The van der Waals surface area contributed by atoms with Gasteiger partial charge in [-0.05, 0) is 101 Å². The SMILES string of the molecule is CN(C)C(=O)c1ccc(Oc2ccc(C(C)(C)NC(=O)NC3(C)CCN4CCC3CC4)cc2)cc1. The Hall–Kier alpha value is -3.06.